The van der Waals surface area contributed by atoms with Crippen LogP contribution >= 0.6 is 15.9 Å². The molecule has 2 aromatic carbocycles. The zero-order valence-corrected chi connectivity index (χ0v) is 12.9. The second-order valence-electron chi connectivity index (χ2n) is 4.35. The third-order valence-electron chi connectivity index (χ3n) is 2.82. The summed E-state index contributed by atoms with van der Waals surface area (Å²) in [7, 11) is 1.53. The predicted molar refractivity (Wildman–Crippen MR) is 82.4 cm³/mol. The lowest BCUT2D eigenvalue weighted by Crippen LogP contribution is -2.11. The molecular weight excluding hydrogens is 339 g/mol. The van der Waals surface area contributed by atoms with Gasteiger partial charge in [-0.1, -0.05) is 6.07 Å². The average Bonchev–Trinajstić information content (AvgIpc) is 2.48. The van der Waals surface area contributed by atoms with Crippen molar-refractivity contribution in [2.75, 3.05) is 7.11 Å². The Morgan fingerprint density at radius 1 is 1.24 bits per heavy atom. The highest BCUT2D eigenvalue weighted by molar-refractivity contribution is 9.10. The summed E-state index contributed by atoms with van der Waals surface area (Å²) in [5.41, 5.74) is 6.81. The normalized spacial score (nSPS) is 10.2. The van der Waals surface area contributed by atoms with Crippen LogP contribution in [0.15, 0.2) is 40.9 Å². The molecule has 0 radical (unpaired) electrons. The van der Waals surface area contributed by atoms with Gasteiger partial charge in [-0.2, -0.15) is 0 Å². The Morgan fingerprint density at radius 3 is 2.57 bits per heavy atom. The van der Waals surface area contributed by atoms with Crippen molar-refractivity contribution in [3.8, 4) is 11.5 Å². The smallest absolute Gasteiger partial charge is 0.137 e. The quantitative estimate of drug-likeness (QED) is 0.639. The highest BCUT2D eigenvalue weighted by atomic mass is 79.9. The first-order valence-electron chi connectivity index (χ1n) is 6.10. The number of benzene rings is 2. The molecule has 4 nitrogen and oxygen atoms in total. The fourth-order valence-electron chi connectivity index (χ4n) is 1.72. The van der Waals surface area contributed by atoms with Gasteiger partial charge in [0.25, 0.3) is 0 Å². The van der Waals surface area contributed by atoms with Gasteiger partial charge in [0.05, 0.1) is 11.6 Å². The molecule has 0 aliphatic rings. The van der Waals surface area contributed by atoms with Gasteiger partial charge in [0.1, 0.15) is 29.8 Å². The largest absolute Gasteiger partial charge is 0.497 e. The van der Waals surface area contributed by atoms with E-state index >= 15 is 0 Å². The Bertz CT molecular complexity index is 677. The van der Waals surface area contributed by atoms with E-state index in [0.717, 1.165) is 5.56 Å². The van der Waals surface area contributed by atoms with Crippen LogP contribution in [0.3, 0.4) is 0 Å². The van der Waals surface area contributed by atoms with Crippen LogP contribution in [-0.2, 0) is 6.61 Å². The highest BCUT2D eigenvalue weighted by Crippen LogP contribution is 2.24. The van der Waals surface area contributed by atoms with Gasteiger partial charge in [-0.3, -0.25) is 5.41 Å². The number of nitrogens with two attached hydrogens (primary N) is 1. The van der Waals surface area contributed by atoms with E-state index in [4.69, 9.17) is 20.6 Å². The van der Waals surface area contributed by atoms with Crippen LogP contribution in [0.2, 0.25) is 0 Å². The van der Waals surface area contributed by atoms with Crippen molar-refractivity contribution in [2.24, 2.45) is 5.73 Å². The molecule has 0 aliphatic carbocycles. The second-order valence-corrected chi connectivity index (χ2v) is 5.20. The van der Waals surface area contributed by atoms with Crippen molar-refractivity contribution < 1.29 is 13.9 Å². The van der Waals surface area contributed by atoms with E-state index in [1.54, 1.807) is 30.3 Å². The van der Waals surface area contributed by atoms with Crippen LogP contribution in [0.5, 0.6) is 11.5 Å². The summed E-state index contributed by atoms with van der Waals surface area (Å²) < 4.78 is 24.3. The molecule has 0 aliphatic heterocycles. The van der Waals surface area contributed by atoms with E-state index in [1.165, 1.54) is 13.2 Å². The Morgan fingerprint density at radius 2 is 1.95 bits per heavy atom. The Labute approximate surface area is 130 Å². The molecule has 0 saturated heterocycles. The number of hydrogen-bond acceptors (Lipinski definition) is 3. The predicted octanol–water partition coefficient (Wildman–Crippen LogP) is 3.46. The molecule has 0 saturated carbocycles. The topological polar surface area (TPSA) is 68.3 Å². The van der Waals surface area contributed by atoms with Crippen LogP contribution in [0, 0.1) is 11.2 Å². The minimum Gasteiger partial charge on any atom is -0.497 e. The summed E-state index contributed by atoms with van der Waals surface area (Å²) in [5.74, 6) is 0.695. The zero-order chi connectivity index (χ0) is 15.4. The van der Waals surface area contributed by atoms with E-state index in [9.17, 15) is 4.39 Å². The van der Waals surface area contributed by atoms with Crippen LogP contribution in [0.25, 0.3) is 0 Å². The zero-order valence-electron chi connectivity index (χ0n) is 11.3. The minimum atomic E-state index is -0.320. The maximum Gasteiger partial charge on any atom is 0.137 e. The molecule has 21 heavy (non-hydrogen) atoms. The average molecular weight is 353 g/mol. The van der Waals surface area contributed by atoms with Crippen molar-refractivity contribution >= 4 is 21.8 Å². The van der Waals surface area contributed by atoms with Crippen molar-refractivity contribution in [3.63, 3.8) is 0 Å². The number of methoxy groups -OCH3 is 1. The van der Waals surface area contributed by atoms with Crippen LogP contribution in [-0.4, -0.2) is 12.9 Å². The fourth-order valence-corrected chi connectivity index (χ4v) is 2.15. The molecule has 110 valence electrons. The van der Waals surface area contributed by atoms with Gasteiger partial charge in [0, 0.05) is 11.6 Å². The van der Waals surface area contributed by atoms with Gasteiger partial charge >= 0.3 is 0 Å². The number of halogens is 2. The van der Waals surface area contributed by atoms with Crippen LogP contribution < -0.4 is 15.2 Å². The summed E-state index contributed by atoms with van der Waals surface area (Å²) in [6.07, 6.45) is 0. The first kappa shape index (κ1) is 15.3. The number of hydrogen-bond donors (Lipinski definition) is 2. The van der Waals surface area contributed by atoms with Gasteiger partial charge < -0.3 is 15.2 Å². The molecule has 0 fully saturated rings. The number of amidine groups is 1. The Balaban J connectivity index is 2.17. The standard InChI is InChI=1S/C15H14BrFN2O2/c1-20-11-5-10(15(18)19)6-12(7-11)21-8-9-2-3-14(17)13(16)4-9/h2-7H,8H2,1H3,(H3,18,19). The molecule has 6 heteroatoms. The van der Waals surface area contributed by atoms with E-state index in [2.05, 4.69) is 15.9 Å². The van der Waals surface area contributed by atoms with Crippen molar-refractivity contribution in [3.05, 3.63) is 57.8 Å². The third-order valence-corrected chi connectivity index (χ3v) is 3.42. The SMILES string of the molecule is COc1cc(OCc2ccc(F)c(Br)c2)cc(C(=N)N)c1. The van der Waals surface area contributed by atoms with Crippen molar-refractivity contribution in [1.29, 1.82) is 5.41 Å². The second kappa shape index (κ2) is 6.58. The third kappa shape index (κ3) is 3.95. The number of nitrogen functional groups attached to an aromatic ring is 1. The van der Waals surface area contributed by atoms with Crippen molar-refractivity contribution in [2.45, 2.75) is 6.61 Å². The highest BCUT2D eigenvalue weighted by Gasteiger charge is 2.06. The lowest BCUT2D eigenvalue weighted by Gasteiger charge is -2.10. The summed E-state index contributed by atoms with van der Waals surface area (Å²) in [6, 6.07) is 9.68. The maximum absolute atomic E-state index is 13.2. The molecule has 0 aromatic heterocycles. The fraction of sp³-hybridized carbons (Fsp3) is 0.133. The molecule has 2 rings (SSSR count). The van der Waals surface area contributed by atoms with Gasteiger partial charge in [0.2, 0.25) is 0 Å². The van der Waals surface area contributed by atoms with E-state index in [0.29, 0.717) is 21.5 Å². The van der Waals surface area contributed by atoms with Crippen LogP contribution in [0.1, 0.15) is 11.1 Å². The molecule has 0 unspecified atom stereocenters. The van der Waals surface area contributed by atoms with Gasteiger partial charge in [-0.25, -0.2) is 4.39 Å². The van der Waals surface area contributed by atoms with Crippen molar-refractivity contribution in [1.82, 2.24) is 0 Å². The molecule has 0 heterocycles. The maximum atomic E-state index is 13.2. The molecule has 0 amide bonds. The van der Waals surface area contributed by atoms with Gasteiger partial charge in [-0.05, 0) is 45.8 Å². The molecule has 2 aromatic rings. The van der Waals surface area contributed by atoms with E-state index in [1.807, 2.05) is 0 Å². The Kier molecular flexibility index (Phi) is 4.80. The van der Waals surface area contributed by atoms with Crippen LogP contribution in [0.4, 0.5) is 4.39 Å². The minimum absolute atomic E-state index is 0.0664. The molecule has 0 spiro atoms. The molecule has 0 bridgehead atoms. The number of ether oxygens (including phenoxy) is 2. The number of nitrogens with one attached hydrogen (secondary N) is 1. The monoisotopic (exact) mass is 352 g/mol. The molecular formula is C15H14BrFN2O2. The van der Waals surface area contributed by atoms with Gasteiger partial charge in [-0.15, -0.1) is 0 Å². The first-order chi connectivity index (χ1) is 9.99. The molecule has 0 atom stereocenters. The summed E-state index contributed by atoms with van der Waals surface area (Å²) in [5, 5.41) is 7.47. The molecule has 3 N–H and O–H groups in total. The van der Waals surface area contributed by atoms with E-state index < -0.39 is 0 Å². The first-order valence-corrected chi connectivity index (χ1v) is 6.89. The summed E-state index contributed by atoms with van der Waals surface area (Å²) in [4.78, 5) is 0. The number of rotatable bonds is 5. The lowest BCUT2D eigenvalue weighted by atomic mass is 10.2. The van der Waals surface area contributed by atoms with Gasteiger partial charge in [0.15, 0.2) is 0 Å². The van der Waals surface area contributed by atoms with E-state index in [-0.39, 0.29) is 18.3 Å². The Hall–Kier alpha value is -2.08. The lowest BCUT2D eigenvalue weighted by molar-refractivity contribution is 0.303. The summed E-state index contributed by atoms with van der Waals surface area (Å²) in [6.45, 7) is 0.267. The summed E-state index contributed by atoms with van der Waals surface area (Å²) >= 11 is 3.13.